The lowest BCUT2D eigenvalue weighted by atomic mass is 10.2. The molecule has 0 radical (unpaired) electrons. The van der Waals surface area contributed by atoms with Crippen molar-refractivity contribution in [2.75, 3.05) is 5.75 Å². The first-order valence-corrected chi connectivity index (χ1v) is 8.68. The molecule has 6 heteroatoms. The summed E-state index contributed by atoms with van der Waals surface area (Å²) < 4.78 is 29.2. The Morgan fingerprint density at radius 3 is 2.27 bits per heavy atom. The molecule has 0 unspecified atom stereocenters. The number of carbonyl (C=O) groups is 1. The molecule has 0 N–H and O–H groups in total. The SMILES string of the molecule is O=C(CCS(=O)(=O)c1ccc(Cl)cc1)OCc1ccccc1. The molecule has 0 aliphatic carbocycles. The van der Waals surface area contributed by atoms with E-state index in [1.807, 2.05) is 30.3 Å². The second-order valence-corrected chi connectivity index (χ2v) is 7.21. The minimum atomic E-state index is -3.51. The van der Waals surface area contributed by atoms with E-state index in [-0.39, 0.29) is 23.7 Å². The smallest absolute Gasteiger partial charge is 0.307 e. The Morgan fingerprint density at radius 2 is 1.64 bits per heavy atom. The summed E-state index contributed by atoms with van der Waals surface area (Å²) in [6, 6.07) is 15.1. The highest BCUT2D eigenvalue weighted by Gasteiger charge is 2.17. The molecule has 0 aliphatic heterocycles. The van der Waals surface area contributed by atoms with Crippen molar-refractivity contribution >= 4 is 27.4 Å². The Labute approximate surface area is 134 Å². The van der Waals surface area contributed by atoms with Crippen LogP contribution in [0.3, 0.4) is 0 Å². The van der Waals surface area contributed by atoms with Gasteiger partial charge in [-0.3, -0.25) is 4.79 Å². The van der Waals surface area contributed by atoms with Crippen LogP contribution in [0.1, 0.15) is 12.0 Å². The summed E-state index contributed by atoms with van der Waals surface area (Å²) in [5.41, 5.74) is 0.858. The van der Waals surface area contributed by atoms with Crippen molar-refractivity contribution in [1.82, 2.24) is 0 Å². The molecule has 0 aromatic heterocycles. The summed E-state index contributed by atoms with van der Waals surface area (Å²) in [5.74, 6) is -0.830. The Hall–Kier alpha value is -1.85. The first-order chi connectivity index (χ1) is 10.5. The van der Waals surface area contributed by atoms with Gasteiger partial charge in [0.1, 0.15) is 6.61 Å². The molecule has 116 valence electrons. The summed E-state index contributed by atoms with van der Waals surface area (Å²) in [4.78, 5) is 11.8. The van der Waals surface area contributed by atoms with Crippen molar-refractivity contribution in [2.45, 2.75) is 17.9 Å². The summed E-state index contributed by atoms with van der Waals surface area (Å²) >= 11 is 5.72. The zero-order valence-corrected chi connectivity index (χ0v) is 13.3. The predicted molar refractivity (Wildman–Crippen MR) is 84.4 cm³/mol. The van der Waals surface area contributed by atoms with Crippen molar-refractivity contribution in [3.63, 3.8) is 0 Å². The van der Waals surface area contributed by atoms with Crippen molar-refractivity contribution in [2.24, 2.45) is 0 Å². The maximum absolute atomic E-state index is 12.1. The van der Waals surface area contributed by atoms with Gasteiger partial charge in [0.25, 0.3) is 0 Å². The average Bonchev–Trinajstić information content (AvgIpc) is 2.52. The number of carbonyl (C=O) groups excluding carboxylic acids is 1. The van der Waals surface area contributed by atoms with Crippen LogP contribution in [0.15, 0.2) is 59.5 Å². The molecule has 0 atom stereocenters. The lowest BCUT2D eigenvalue weighted by molar-refractivity contribution is -0.144. The molecular weight excluding hydrogens is 324 g/mol. The Bertz CT molecular complexity index is 725. The zero-order chi connectivity index (χ0) is 16.0. The van der Waals surface area contributed by atoms with Gasteiger partial charge in [-0.2, -0.15) is 0 Å². The summed E-state index contributed by atoms with van der Waals surface area (Å²) in [6.07, 6.45) is -0.183. The van der Waals surface area contributed by atoms with E-state index in [0.717, 1.165) is 5.56 Å². The number of rotatable bonds is 6. The second-order valence-electron chi connectivity index (χ2n) is 4.67. The number of esters is 1. The summed E-state index contributed by atoms with van der Waals surface area (Å²) in [7, 11) is -3.51. The Morgan fingerprint density at radius 1 is 1.00 bits per heavy atom. The number of hydrogen-bond acceptors (Lipinski definition) is 4. The molecule has 2 rings (SSSR count). The van der Waals surface area contributed by atoms with Crippen molar-refractivity contribution in [3.05, 3.63) is 65.2 Å². The van der Waals surface area contributed by atoms with Crippen LogP contribution in [0.5, 0.6) is 0 Å². The van der Waals surface area contributed by atoms with Gasteiger partial charge in [0, 0.05) is 5.02 Å². The first-order valence-electron chi connectivity index (χ1n) is 6.65. The van der Waals surface area contributed by atoms with Gasteiger partial charge in [0.15, 0.2) is 9.84 Å². The van der Waals surface area contributed by atoms with E-state index in [4.69, 9.17) is 16.3 Å². The minimum Gasteiger partial charge on any atom is -0.461 e. The third-order valence-electron chi connectivity index (χ3n) is 2.99. The fraction of sp³-hybridized carbons (Fsp3) is 0.188. The molecule has 0 spiro atoms. The van der Waals surface area contributed by atoms with Gasteiger partial charge in [-0.1, -0.05) is 41.9 Å². The van der Waals surface area contributed by atoms with Gasteiger partial charge in [0.2, 0.25) is 0 Å². The Balaban J connectivity index is 1.86. The zero-order valence-electron chi connectivity index (χ0n) is 11.7. The van der Waals surface area contributed by atoms with E-state index < -0.39 is 15.8 Å². The highest BCUT2D eigenvalue weighted by molar-refractivity contribution is 7.91. The summed E-state index contributed by atoms with van der Waals surface area (Å²) in [5, 5.41) is 0.459. The standard InChI is InChI=1S/C16H15ClO4S/c17-14-6-8-15(9-7-14)22(19,20)11-10-16(18)21-12-13-4-2-1-3-5-13/h1-9H,10-12H2. The highest BCUT2D eigenvalue weighted by Crippen LogP contribution is 2.16. The van der Waals surface area contributed by atoms with E-state index in [9.17, 15) is 13.2 Å². The number of hydrogen-bond donors (Lipinski definition) is 0. The van der Waals surface area contributed by atoms with Gasteiger partial charge < -0.3 is 4.74 Å². The Kier molecular flexibility index (Phi) is 5.57. The fourth-order valence-corrected chi connectivity index (χ4v) is 3.14. The molecule has 22 heavy (non-hydrogen) atoms. The largest absolute Gasteiger partial charge is 0.461 e. The van der Waals surface area contributed by atoms with Gasteiger partial charge >= 0.3 is 5.97 Å². The second kappa shape index (κ2) is 7.42. The molecule has 0 bridgehead atoms. The van der Waals surface area contributed by atoms with Gasteiger partial charge in [0.05, 0.1) is 17.1 Å². The molecule has 0 amide bonds. The van der Waals surface area contributed by atoms with Crippen LogP contribution < -0.4 is 0 Å². The average molecular weight is 339 g/mol. The van der Waals surface area contributed by atoms with E-state index in [0.29, 0.717) is 5.02 Å². The molecule has 0 heterocycles. The number of sulfone groups is 1. The molecule has 0 fully saturated rings. The predicted octanol–water partition coefficient (Wildman–Crippen LogP) is 3.25. The number of ether oxygens (including phenoxy) is 1. The minimum absolute atomic E-state index is 0.140. The quantitative estimate of drug-likeness (QED) is 0.758. The lowest BCUT2D eigenvalue weighted by Crippen LogP contribution is -2.13. The summed E-state index contributed by atoms with van der Waals surface area (Å²) in [6.45, 7) is 0.140. The van der Waals surface area contributed by atoms with Crippen LogP contribution in [-0.2, 0) is 26.0 Å². The van der Waals surface area contributed by atoms with E-state index in [1.54, 1.807) is 0 Å². The number of halogens is 1. The van der Waals surface area contributed by atoms with Crippen molar-refractivity contribution in [1.29, 1.82) is 0 Å². The third kappa shape index (κ3) is 4.86. The van der Waals surface area contributed by atoms with Gasteiger partial charge in [-0.05, 0) is 29.8 Å². The van der Waals surface area contributed by atoms with E-state index in [2.05, 4.69) is 0 Å². The molecule has 0 aliphatic rings. The molecule has 2 aromatic rings. The maximum Gasteiger partial charge on any atom is 0.307 e. The first kappa shape index (κ1) is 16.5. The molecular formula is C16H15ClO4S. The fourth-order valence-electron chi connectivity index (χ4n) is 1.79. The topological polar surface area (TPSA) is 60.4 Å². The normalized spacial score (nSPS) is 11.1. The van der Waals surface area contributed by atoms with Crippen LogP contribution in [0.4, 0.5) is 0 Å². The highest BCUT2D eigenvalue weighted by atomic mass is 35.5. The van der Waals surface area contributed by atoms with Crippen LogP contribution in [-0.4, -0.2) is 20.1 Å². The molecule has 4 nitrogen and oxygen atoms in total. The molecule has 0 saturated heterocycles. The molecule has 0 saturated carbocycles. The van der Waals surface area contributed by atoms with Crippen LogP contribution in [0.2, 0.25) is 5.02 Å². The van der Waals surface area contributed by atoms with Gasteiger partial charge in [-0.25, -0.2) is 8.42 Å². The van der Waals surface area contributed by atoms with Crippen molar-refractivity contribution in [3.8, 4) is 0 Å². The van der Waals surface area contributed by atoms with E-state index in [1.165, 1.54) is 24.3 Å². The number of benzene rings is 2. The molecule has 2 aromatic carbocycles. The van der Waals surface area contributed by atoms with Crippen LogP contribution >= 0.6 is 11.6 Å². The van der Waals surface area contributed by atoms with Crippen LogP contribution in [0.25, 0.3) is 0 Å². The third-order valence-corrected chi connectivity index (χ3v) is 4.97. The monoisotopic (exact) mass is 338 g/mol. The lowest BCUT2D eigenvalue weighted by Gasteiger charge is -2.06. The van der Waals surface area contributed by atoms with E-state index >= 15 is 0 Å². The van der Waals surface area contributed by atoms with Crippen LogP contribution in [0, 0.1) is 0 Å². The van der Waals surface area contributed by atoms with Crippen molar-refractivity contribution < 1.29 is 17.9 Å². The maximum atomic E-state index is 12.1. The van der Waals surface area contributed by atoms with Gasteiger partial charge in [-0.15, -0.1) is 0 Å².